The number of nitrogens with zero attached hydrogens (tertiary/aromatic N) is 2. The fourth-order valence-corrected chi connectivity index (χ4v) is 2.78. The van der Waals surface area contributed by atoms with Gasteiger partial charge in [0, 0.05) is 5.92 Å². The highest BCUT2D eigenvalue weighted by atomic mass is 32.1. The van der Waals surface area contributed by atoms with Gasteiger partial charge in [0.05, 0.1) is 5.56 Å². The molecule has 2 aromatic carbocycles. The lowest BCUT2D eigenvalue weighted by molar-refractivity contribution is 0.102. The lowest BCUT2D eigenvalue weighted by Gasteiger charge is -2.10. The summed E-state index contributed by atoms with van der Waals surface area (Å²) in [5.74, 6) is 1.18. The minimum Gasteiger partial charge on any atom is -0.457 e. The number of anilines is 1. The second-order valence-electron chi connectivity index (χ2n) is 5.47. The Bertz CT molecular complexity index is 831. The van der Waals surface area contributed by atoms with Gasteiger partial charge in [0.1, 0.15) is 16.5 Å². The van der Waals surface area contributed by atoms with Gasteiger partial charge in [-0.2, -0.15) is 0 Å². The fourth-order valence-electron chi connectivity index (χ4n) is 2.04. The SMILES string of the molecule is CC(C)c1nnc(NC(=O)c2ccccc2Oc2ccccc2)s1. The largest absolute Gasteiger partial charge is 0.457 e. The summed E-state index contributed by atoms with van der Waals surface area (Å²) in [6.07, 6.45) is 0. The summed E-state index contributed by atoms with van der Waals surface area (Å²) in [7, 11) is 0. The number of hydrogen-bond acceptors (Lipinski definition) is 5. The third kappa shape index (κ3) is 3.78. The normalized spacial score (nSPS) is 10.6. The number of ether oxygens (including phenoxy) is 1. The molecule has 24 heavy (non-hydrogen) atoms. The van der Waals surface area contributed by atoms with Crippen LogP contribution in [-0.4, -0.2) is 16.1 Å². The molecule has 0 radical (unpaired) electrons. The van der Waals surface area contributed by atoms with Crippen LogP contribution >= 0.6 is 11.3 Å². The van der Waals surface area contributed by atoms with E-state index in [1.165, 1.54) is 11.3 Å². The first-order valence-electron chi connectivity index (χ1n) is 7.60. The summed E-state index contributed by atoms with van der Waals surface area (Å²) >= 11 is 1.38. The molecule has 1 N–H and O–H groups in total. The van der Waals surface area contributed by atoms with Crippen LogP contribution in [0.2, 0.25) is 0 Å². The molecular weight excluding hydrogens is 322 g/mol. The van der Waals surface area contributed by atoms with E-state index >= 15 is 0 Å². The van der Waals surface area contributed by atoms with Crippen molar-refractivity contribution in [3.8, 4) is 11.5 Å². The van der Waals surface area contributed by atoms with E-state index < -0.39 is 0 Å². The van der Waals surface area contributed by atoms with Gasteiger partial charge in [-0.15, -0.1) is 10.2 Å². The van der Waals surface area contributed by atoms with Crippen molar-refractivity contribution >= 4 is 22.4 Å². The highest BCUT2D eigenvalue weighted by Crippen LogP contribution is 2.27. The Labute approximate surface area is 144 Å². The monoisotopic (exact) mass is 339 g/mol. The van der Waals surface area contributed by atoms with Gasteiger partial charge in [-0.05, 0) is 24.3 Å². The smallest absolute Gasteiger partial charge is 0.261 e. The molecule has 122 valence electrons. The predicted molar refractivity (Wildman–Crippen MR) is 94.9 cm³/mol. The molecule has 1 amide bonds. The van der Waals surface area contributed by atoms with Crippen LogP contribution in [0.25, 0.3) is 0 Å². The minimum absolute atomic E-state index is 0.270. The molecule has 0 saturated carbocycles. The van der Waals surface area contributed by atoms with Crippen LogP contribution in [0.15, 0.2) is 54.6 Å². The summed E-state index contributed by atoms with van der Waals surface area (Å²) < 4.78 is 5.82. The first kappa shape index (κ1) is 16.1. The average molecular weight is 339 g/mol. The molecule has 0 atom stereocenters. The molecule has 0 bridgehead atoms. The third-order valence-corrected chi connectivity index (χ3v) is 4.40. The van der Waals surface area contributed by atoms with Gasteiger partial charge in [0.25, 0.3) is 5.91 Å². The second-order valence-corrected chi connectivity index (χ2v) is 6.47. The van der Waals surface area contributed by atoms with Crippen LogP contribution in [0.4, 0.5) is 5.13 Å². The number of nitrogens with one attached hydrogen (secondary N) is 1. The van der Waals surface area contributed by atoms with Gasteiger partial charge in [-0.1, -0.05) is 55.5 Å². The van der Waals surface area contributed by atoms with Crippen LogP contribution in [0.1, 0.15) is 35.1 Å². The minimum atomic E-state index is -0.270. The molecule has 6 heteroatoms. The molecule has 1 heterocycles. The van der Waals surface area contributed by atoms with Crippen LogP contribution in [0.3, 0.4) is 0 Å². The molecule has 0 saturated heterocycles. The van der Waals surface area contributed by atoms with Gasteiger partial charge in [-0.25, -0.2) is 0 Å². The van der Waals surface area contributed by atoms with Crippen molar-refractivity contribution in [1.29, 1.82) is 0 Å². The zero-order chi connectivity index (χ0) is 16.9. The van der Waals surface area contributed by atoms with Crippen molar-refractivity contribution in [1.82, 2.24) is 10.2 Å². The molecule has 0 aliphatic rings. The molecule has 3 aromatic rings. The maximum absolute atomic E-state index is 12.6. The average Bonchev–Trinajstić information content (AvgIpc) is 3.05. The summed E-state index contributed by atoms with van der Waals surface area (Å²) in [4.78, 5) is 12.6. The van der Waals surface area contributed by atoms with Gasteiger partial charge in [0.2, 0.25) is 5.13 Å². The Morgan fingerprint density at radius 1 is 1.04 bits per heavy atom. The predicted octanol–water partition coefficient (Wildman–Crippen LogP) is 4.71. The Balaban J connectivity index is 1.79. The Kier molecular flexibility index (Phi) is 4.86. The molecule has 5 nitrogen and oxygen atoms in total. The summed E-state index contributed by atoms with van der Waals surface area (Å²) in [5, 5.41) is 12.2. The van der Waals surface area contributed by atoms with E-state index in [0.29, 0.717) is 22.2 Å². The van der Waals surface area contributed by atoms with Crippen LogP contribution < -0.4 is 10.1 Å². The molecule has 3 rings (SSSR count). The fraction of sp³-hybridized carbons (Fsp3) is 0.167. The van der Waals surface area contributed by atoms with Gasteiger partial charge in [-0.3, -0.25) is 10.1 Å². The Hall–Kier alpha value is -2.73. The summed E-state index contributed by atoms with van der Waals surface area (Å²) in [5.41, 5.74) is 0.447. The molecule has 0 fully saturated rings. The first-order chi connectivity index (χ1) is 11.6. The number of carbonyl (C=O) groups is 1. The molecule has 0 spiro atoms. The Morgan fingerprint density at radius 2 is 1.75 bits per heavy atom. The number of aromatic nitrogens is 2. The molecule has 0 aliphatic carbocycles. The van der Waals surface area contributed by atoms with Crippen molar-refractivity contribution in [2.24, 2.45) is 0 Å². The quantitative estimate of drug-likeness (QED) is 0.731. The number of rotatable bonds is 5. The van der Waals surface area contributed by atoms with E-state index in [1.54, 1.807) is 18.2 Å². The highest BCUT2D eigenvalue weighted by molar-refractivity contribution is 7.15. The van der Waals surface area contributed by atoms with E-state index in [1.807, 2.05) is 50.2 Å². The van der Waals surface area contributed by atoms with Crippen molar-refractivity contribution in [2.45, 2.75) is 19.8 Å². The lowest BCUT2D eigenvalue weighted by Crippen LogP contribution is -2.12. The number of para-hydroxylation sites is 2. The van der Waals surface area contributed by atoms with Crippen LogP contribution in [0, 0.1) is 0 Å². The second kappa shape index (κ2) is 7.23. The van der Waals surface area contributed by atoms with Crippen LogP contribution in [-0.2, 0) is 0 Å². The van der Waals surface area contributed by atoms with Crippen molar-refractivity contribution in [3.05, 3.63) is 65.2 Å². The molecular formula is C18H17N3O2S. The van der Waals surface area contributed by atoms with Crippen molar-refractivity contribution in [3.63, 3.8) is 0 Å². The van der Waals surface area contributed by atoms with Crippen molar-refractivity contribution < 1.29 is 9.53 Å². The number of benzene rings is 2. The summed E-state index contributed by atoms with van der Waals surface area (Å²) in [6, 6.07) is 16.5. The number of hydrogen-bond donors (Lipinski definition) is 1. The number of carbonyl (C=O) groups excluding carboxylic acids is 1. The van der Waals surface area contributed by atoms with E-state index in [2.05, 4.69) is 15.5 Å². The van der Waals surface area contributed by atoms with E-state index in [4.69, 9.17) is 4.74 Å². The van der Waals surface area contributed by atoms with Gasteiger partial charge >= 0.3 is 0 Å². The van der Waals surface area contributed by atoms with E-state index in [0.717, 1.165) is 5.01 Å². The number of amides is 1. The molecule has 0 aliphatic heterocycles. The van der Waals surface area contributed by atoms with Gasteiger partial charge < -0.3 is 4.74 Å². The maximum atomic E-state index is 12.6. The zero-order valence-electron chi connectivity index (χ0n) is 13.4. The van der Waals surface area contributed by atoms with Crippen LogP contribution in [0.5, 0.6) is 11.5 Å². The molecule has 0 unspecified atom stereocenters. The molecule has 1 aromatic heterocycles. The lowest BCUT2D eigenvalue weighted by atomic mass is 10.2. The zero-order valence-corrected chi connectivity index (χ0v) is 14.2. The van der Waals surface area contributed by atoms with Crippen molar-refractivity contribution in [2.75, 3.05) is 5.32 Å². The standard InChI is InChI=1S/C18H17N3O2S/c1-12(2)17-20-21-18(24-17)19-16(22)14-10-6-7-11-15(14)23-13-8-4-3-5-9-13/h3-12H,1-2H3,(H,19,21,22). The van der Waals surface area contributed by atoms with E-state index in [-0.39, 0.29) is 11.8 Å². The first-order valence-corrected chi connectivity index (χ1v) is 8.42. The topological polar surface area (TPSA) is 64.1 Å². The highest BCUT2D eigenvalue weighted by Gasteiger charge is 2.16. The van der Waals surface area contributed by atoms with Gasteiger partial charge in [0.15, 0.2) is 0 Å². The Morgan fingerprint density at radius 3 is 2.46 bits per heavy atom. The van der Waals surface area contributed by atoms with E-state index in [9.17, 15) is 4.79 Å². The maximum Gasteiger partial charge on any atom is 0.261 e. The summed E-state index contributed by atoms with van der Waals surface area (Å²) in [6.45, 7) is 4.07. The third-order valence-electron chi connectivity index (χ3n) is 3.26.